The van der Waals surface area contributed by atoms with Crippen molar-refractivity contribution < 1.29 is 23.9 Å². The minimum absolute atomic E-state index is 0.0244. The van der Waals surface area contributed by atoms with E-state index in [9.17, 15) is 14.4 Å². The van der Waals surface area contributed by atoms with Gasteiger partial charge in [0.05, 0.1) is 16.8 Å². The van der Waals surface area contributed by atoms with Gasteiger partial charge in [-0.2, -0.15) is 0 Å². The van der Waals surface area contributed by atoms with Crippen LogP contribution in [0.1, 0.15) is 46.1 Å². The fourth-order valence-corrected chi connectivity index (χ4v) is 5.12. The second-order valence-corrected chi connectivity index (χ2v) is 10.5. The van der Waals surface area contributed by atoms with Crippen LogP contribution in [0.5, 0.6) is 0 Å². The quantitative estimate of drug-likeness (QED) is 0.391. The second-order valence-electron chi connectivity index (χ2n) is 9.29. The van der Waals surface area contributed by atoms with Gasteiger partial charge >= 0.3 is 12.1 Å². The molecule has 7 heteroatoms. The van der Waals surface area contributed by atoms with Crippen molar-refractivity contribution in [2.45, 2.75) is 63.9 Å². The summed E-state index contributed by atoms with van der Waals surface area (Å²) in [6.45, 7) is 8.20. The predicted octanol–water partition coefficient (Wildman–Crippen LogP) is 4.59. The van der Waals surface area contributed by atoms with Gasteiger partial charge in [0, 0.05) is 5.92 Å². The highest BCUT2D eigenvalue weighted by atomic mass is 79.9. The van der Waals surface area contributed by atoms with E-state index < -0.39 is 6.09 Å². The number of rotatable bonds is 8. The number of alkyl halides is 1. The monoisotopic (exact) mass is 493 g/mol. The number of ether oxygens (including phenoxy) is 2. The zero-order valence-electron chi connectivity index (χ0n) is 18.6. The first kappa shape index (κ1) is 23.8. The Hall–Kier alpha value is -1.89. The van der Waals surface area contributed by atoms with Crippen LogP contribution < -0.4 is 0 Å². The molecule has 2 amide bonds. The summed E-state index contributed by atoms with van der Waals surface area (Å²) in [5, 5.41) is 0. The summed E-state index contributed by atoms with van der Waals surface area (Å²) in [4.78, 5) is 39.3. The number of benzene rings is 1. The summed E-state index contributed by atoms with van der Waals surface area (Å²) < 4.78 is 10.8. The number of esters is 1. The molecule has 0 spiro atoms. The maximum atomic E-state index is 13.5. The number of amides is 2. The Kier molecular flexibility index (Phi) is 7.78. The Morgan fingerprint density at radius 1 is 1.16 bits per heavy atom. The van der Waals surface area contributed by atoms with Gasteiger partial charge in [0.15, 0.2) is 0 Å². The van der Waals surface area contributed by atoms with Crippen molar-refractivity contribution >= 4 is 33.9 Å². The van der Waals surface area contributed by atoms with Crippen molar-refractivity contribution in [3.8, 4) is 0 Å². The molecule has 6 nitrogen and oxygen atoms in total. The van der Waals surface area contributed by atoms with E-state index in [2.05, 4.69) is 15.9 Å². The Bertz CT molecular complexity index is 796. The Labute approximate surface area is 192 Å². The van der Waals surface area contributed by atoms with Gasteiger partial charge in [0.2, 0.25) is 5.91 Å². The summed E-state index contributed by atoms with van der Waals surface area (Å²) in [6, 6.07) is 9.48. The average molecular weight is 494 g/mol. The highest BCUT2D eigenvalue weighted by Crippen LogP contribution is 2.36. The first-order chi connectivity index (χ1) is 14.7. The highest BCUT2D eigenvalue weighted by molar-refractivity contribution is 9.09. The number of halogens is 1. The zero-order valence-corrected chi connectivity index (χ0v) is 20.2. The molecule has 3 rings (SSSR count). The third-order valence-corrected chi connectivity index (χ3v) is 7.34. The Morgan fingerprint density at radius 2 is 1.84 bits per heavy atom. The van der Waals surface area contributed by atoms with Crippen molar-refractivity contribution in [1.82, 2.24) is 4.90 Å². The van der Waals surface area contributed by atoms with Crippen LogP contribution in [0.4, 0.5) is 4.79 Å². The lowest BCUT2D eigenvalue weighted by Crippen LogP contribution is -2.45. The molecule has 2 fully saturated rings. The van der Waals surface area contributed by atoms with Crippen molar-refractivity contribution in [2.75, 3.05) is 6.61 Å². The van der Waals surface area contributed by atoms with Crippen LogP contribution in [-0.4, -0.2) is 46.4 Å². The summed E-state index contributed by atoms with van der Waals surface area (Å²) in [7, 11) is 0. The molecule has 0 radical (unpaired) electrons. The van der Waals surface area contributed by atoms with E-state index in [0.29, 0.717) is 19.3 Å². The molecule has 0 N–H and O–H groups in total. The number of hydrogen-bond donors (Lipinski definition) is 0. The van der Waals surface area contributed by atoms with Crippen molar-refractivity contribution in [2.24, 2.45) is 23.7 Å². The minimum Gasteiger partial charge on any atom is -0.461 e. The smallest absolute Gasteiger partial charge is 0.416 e. The van der Waals surface area contributed by atoms with Crippen molar-refractivity contribution in [3.63, 3.8) is 0 Å². The molecule has 0 bridgehead atoms. The molecule has 0 aromatic heterocycles. The number of cyclic esters (lactones) is 2. The summed E-state index contributed by atoms with van der Waals surface area (Å²) >= 11 is 3.67. The second kappa shape index (κ2) is 10.2. The maximum Gasteiger partial charge on any atom is 0.416 e. The standard InChI is InChI=1S/C24H32BrNO5/c1-14(2)18(11-20(25)21-12-19(15(3)4)23(28)31-21)22(27)26-17(13-30-24(26)29)10-16-8-6-5-7-9-16/h5-9,14-15,17-21H,10-13H2,1-4H3/t17-,18-,19?,20-,21-/m0/s1. The lowest BCUT2D eigenvalue weighted by Gasteiger charge is -2.29. The van der Waals surface area contributed by atoms with Gasteiger partial charge in [0.1, 0.15) is 12.7 Å². The van der Waals surface area contributed by atoms with E-state index in [1.165, 1.54) is 4.90 Å². The number of nitrogens with zero attached hydrogens (tertiary/aromatic N) is 1. The van der Waals surface area contributed by atoms with E-state index in [1.807, 2.05) is 58.0 Å². The molecule has 2 heterocycles. The summed E-state index contributed by atoms with van der Waals surface area (Å²) in [5.41, 5.74) is 1.06. The zero-order chi connectivity index (χ0) is 22.7. The van der Waals surface area contributed by atoms with Crippen LogP contribution in [0.3, 0.4) is 0 Å². The van der Waals surface area contributed by atoms with Gasteiger partial charge in [-0.25, -0.2) is 9.69 Å². The Morgan fingerprint density at radius 3 is 2.42 bits per heavy atom. The molecule has 31 heavy (non-hydrogen) atoms. The van der Waals surface area contributed by atoms with Crippen molar-refractivity contribution in [1.29, 1.82) is 0 Å². The van der Waals surface area contributed by atoms with E-state index in [0.717, 1.165) is 5.56 Å². The lowest BCUT2D eigenvalue weighted by molar-refractivity contribution is -0.145. The van der Waals surface area contributed by atoms with Crippen LogP contribution in [0, 0.1) is 23.7 Å². The van der Waals surface area contributed by atoms with E-state index in [-0.39, 0.29) is 59.1 Å². The molecule has 0 aliphatic carbocycles. The minimum atomic E-state index is -0.574. The molecular formula is C24H32BrNO5. The largest absolute Gasteiger partial charge is 0.461 e. The number of carbonyl (C=O) groups is 3. The Balaban J connectivity index is 1.70. The van der Waals surface area contributed by atoms with E-state index >= 15 is 0 Å². The molecule has 170 valence electrons. The molecule has 1 unspecified atom stereocenters. The fraction of sp³-hybridized carbons (Fsp3) is 0.625. The van der Waals surface area contributed by atoms with Crippen LogP contribution in [0.25, 0.3) is 0 Å². The third kappa shape index (κ3) is 5.48. The van der Waals surface area contributed by atoms with Gasteiger partial charge in [-0.1, -0.05) is 74.0 Å². The van der Waals surface area contributed by atoms with Gasteiger partial charge in [-0.15, -0.1) is 0 Å². The normalized spacial score (nSPS) is 25.6. The van der Waals surface area contributed by atoms with Crippen LogP contribution >= 0.6 is 15.9 Å². The van der Waals surface area contributed by atoms with Gasteiger partial charge in [-0.05, 0) is 36.7 Å². The molecule has 0 saturated carbocycles. The fourth-order valence-electron chi connectivity index (χ4n) is 4.40. The molecule has 2 aliphatic rings. The summed E-state index contributed by atoms with van der Waals surface area (Å²) in [6.07, 6.45) is 0.862. The van der Waals surface area contributed by atoms with Crippen molar-refractivity contribution in [3.05, 3.63) is 35.9 Å². The van der Waals surface area contributed by atoms with Gasteiger partial charge in [0.25, 0.3) is 0 Å². The molecule has 1 aromatic carbocycles. The molecule has 5 atom stereocenters. The number of imide groups is 1. The van der Waals surface area contributed by atoms with E-state index in [1.54, 1.807) is 0 Å². The molecule has 1 aromatic rings. The topological polar surface area (TPSA) is 72.9 Å². The van der Waals surface area contributed by atoms with Gasteiger partial charge < -0.3 is 9.47 Å². The van der Waals surface area contributed by atoms with Crippen LogP contribution in [-0.2, 0) is 25.5 Å². The summed E-state index contributed by atoms with van der Waals surface area (Å²) in [5.74, 6) is -0.628. The molecular weight excluding hydrogens is 462 g/mol. The third-order valence-electron chi connectivity index (χ3n) is 6.38. The van der Waals surface area contributed by atoms with Gasteiger partial charge in [-0.3, -0.25) is 9.59 Å². The van der Waals surface area contributed by atoms with Crippen LogP contribution in [0.2, 0.25) is 0 Å². The maximum absolute atomic E-state index is 13.5. The molecule has 2 saturated heterocycles. The van der Waals surface area contributed by atoms with E-state index in [4.69, 9.17) is 9.47 Å². The van der Waals surface area contributed by atoms with Crippen LogP contribution in [0.15, 0.2) is 30.3 Å². The first-order valence-corrected chi connectivity index (χ1v) is 12.0. The highest BCUT2D eigenvalue weighted by Gasteiger charge is 2.44. The number of carbonyl (C=O) groups excluding carboxylic acids is 3. The first-order valence-electron chi connectivity index (χ1n) is 11.1. The lowest BCUT2D eigenvalue weighted by atomic mass is 9.86. The molecule has 2 aliphatic heterocycles. The number of hydrogen-bond acceptors (Lipinski definition) is 5. The predicted molar refractivity (Wildman–Crippen MR) is 121 cm³/mol. The average Bonchev–Trinajstić information content (AvgIpc) is 3.29. The SMILES string of the molecule is CC(C)C1C[C@@H]([C@@H](Br)C[C@H](C(=O)N2C(=O)OC[C@@H]2Cc2ccccc2)C(C)C)OC1=O.